The zero-order valence-corrected chi connectivity index (χ0v) is 13.4. The Labute approximate surface area is 130 Å². The fourth-order valence-corrected chi connectivity index (χ4v) is 3.27. The van der Waals surface area contributed by atoms with E-state index < -0.39 is 0 Å². The Morgan fingerprint density at radius 1 is 1.41 bits per heavy atom. The number of carbonyl (C=O) groups is 1. The number of rotatable bonds is 4. The summed E-state index contributed by atoms with van der Waals surface area (Å²) in [6, 6.07) is 0.104. The molecule has 1 saturated heterocycles. The molecule has 0 aromatic carbocycles. The maximum Gasteiger partial charge on any atom is 0.223 e. The van der Waals surface area contributed by atoms with Gasteiger partial charge in [0.1, 0.15) is 5.82 Å². The third kappa shape index (κ3) is 2.77. The van der Waals surface area contributed by atoms with Gasteiger partial charge in [-0.05, 0) is 45.6 Å². The normalized spacial score (nSPS) is 18.1. The van der Waals surface area contributed by atoms with Crippen LogP contribution in [0, 0.1) is 20.8 Å². The molecule has 118 valence electrons. The highest BCUT2D eigenvalue weighted by Crippen LogP contribution is 2.31. The van der Waals surface area contributed by atoms with E-state index >= 15 is 0 Å². The lowest BCUT2D eigenvalue weighted by Crippen LogP contribution is -2.31. The van der Waals surface area contributed by atoms with Crippen molar-refractivity contribution in [3.8, 4) is 0 Å². The van der Waals surface area contributed by atoms with Gasteiger partial charge in [-0.15, -0.1) is 0 Å². The van der Waals surface area contributed by atoms with Crippen LogP contribution < -0.4 is 0 Å². The summed E-state index contributed by atoms with van der Waals surface area (Å²) in [5.74, 6) is 1.12. The molecule has 3 rings (SSSR count). The number of aromatic nitrogens is 4. The van der Waals surface area contributed by atoms with Gasteiger partial charge in [-0.3, -0.25) is 9.89 Å². The van der Waals surface area contributed by atoms with Gasteiger partial charge in [-0.2, -0.15) is 5.10 Å². The number of imidazole rings is 1. The van der Waals surface area contributed by atoms with Crippen LogP contribution >= 0.6 is 0 Å². The molecule has 1 aliphatic heterocycles. The first-order valence-corrected chi connectivity index (χ1v) is 7.87. The number of amides is 1. The summed E-state index contributed by atoms with van der Waals surface area (Å²) >= 11 is 0. The van der Waals surface area contributed by atoms with Crippen LogP contribution in [0.1, 0.15) is 53.8 Å². The number of carbonyl (C=O) groups excluding carboxylic acids is 1. The highest BCUT2D eigenvalue weighted by molar-refractivity contribution is 5.77. The molecular formula is C16H23N5O. The zero-order valence-electron chi connectivity index (χ0n) is 13.4. The van der Waals surface area contributed by atoms with Gasteiger partial charge in [0.25, 0.3) is 0 Å². The minimum absolute atomic E-state index is 0.104. The minimum Gasteiger partial charge on any atom is -0.344 e. The Bertz CT molecular complexity index is 652. The minimum atomic E-state index is 0.104. The fraction of sp³-hybridized carbons (Fsp3) is 0.562. The van der Waals surface area contributed by atoms with Crippen molar-refractivity contribution in [2.24, 2.45) is 0 Å². The van der Waals surface area contributed by atoms with Crippen molar-refractivity contribution in [2.75, 3.05) is 6.54 Å². The molecule has 1 amide bonds. The number of nitrogens with one attached hydrogen (secondary N) is 2. The van der Waals surface area contributed by atoms with Gasteiger partial charge >= 0.3 is 0 Å². The van der Waals surface area contributed by atoms with Crippen LogP contribution in [-0.2, 0) is 11.2 Å². The monoisotopic (exact) mass is 301 g/mol. The molecule has 0 bridgehead atoms. The van der Waals surface area contributed by atoms with E-state index in [2.05, 4.69) is 20.2 Å². The molecule has 0 saturated carbocycles. The molecule has 2 aromatic rings. The van der Waals surface area contributed by atoms with Crippen molar-refractivity contribution < 1.29 is 4.79 Å². The summed E-state index contributed by atoms with van der Waals surface area (Å²) in [6.45, 7) is 6.80. The smallest absolute Gasteiger partial charge is 0.223 e. The Balaban J connectivity index is 1.66. The topological polar surface area (TPSA) is 77.7 Å². The van der Waals surface area contributed by atoms with Crippen molar-refractivity contribution in [2.45, 2.75) is 52.5 Å². The molecule has 1 atom stereocenters. The second kappa shape index (κ2) is 5.94. The molecule has 3 heterocycles. The average Bonchev–Trinajstić information content (AvgIpc) is 3.18. The van der Waals surface area contributed by atoms with Crippen molar-refractivity contribution >= 4 is 5.91 Å². The summed E-state index contributed by atoms with van der Waals surface area (Å²) in [7, 11) is 0. The van der Waals surface area contributed by atoms with E-state index in [1.165, 1.54) is 0 Å². The highest BCUT2D eigenvalue weighted by atomic mass is 16.2. The molecule has 22 heavy (non-hydrogen) atoms. The Kier molecular flexibility index (Phi) is 4.00. The first-order valence-electron chi connectivity index (χ1n) is 7.87. The van der Waals surface area contributed by atoms with Gasteiger partial charge in [-0.25, -0.2) is 4.98 Å². The number of aromatic amines is 2. The summed E-state index contributed by atoms with van der Waals surface area (Å²) in [5, 5.41) is 7.17. The lowest BCUT2D eigenvalue weighted by Gasteiger charge is -2.23. The maximum atomic E-state index is 12.6. The number of aryl methyl sites for hydroxylation is 3. The SMILES string of the molecule is Cc1cnc(C2CCCN2C(=O)CCc2c(C)n[nH]c2C)[nH]1. The fourth-order valence-electron chi connectivity index (χ4n) is 3.27. The van der Waals surface area contributed by atoms with Crippen molar-refractivity contribution in [1.82, 2.24) is 25.1 Å². The Hall–Kier alpha value is -2.11. The molecule has 0 radical (unpaired) electrons. The average molecular weight is 301 g/mol. The standard InChI is InChI=1S/C16H23N5O/c1-10-9-17-16(18-10)14-5-4-8-21(14)15(22)7-6-13-11(2)19-20-12(13)3/h9,14H,4-8H2,1-3H3,(H,17,18)(H,19,20). The van der Waals surface area contributed by atoms with Crippen molar-refractivity contribution in [3.05, 3.63) is 34.7 Å². The molecule has 6 heteroatoms. The first kappa shape index (κ1) is 14.8. The Morgan fingerprint density at radius 2 is 2.23 bits per heavy atom. The van der Waals surface area contributed by atoms with Crippen LogP contribution in [0.4, 0.5) is 0 Å². The summed E-state index contributed by atoms with van der Waals surface area (Å²) in [5.41, 5.74) is 4.26. The molecule has 1 fully saturated rings. The van der Waals surface area contributed by atoms with Gasteiger partial charge in [0.15, 0.2) is 0 Å². The van der Waals surface area contributed by atoms with Gasteiger partial charge < -0.3 is 9.88 Å². The molecule has 6 nitrogen and oxygen atoms in total. The summed E-state index contributed by atoms with van der Waals surface area (Å²) in [6.07, 6.45) is 5.13. The molecule has 1 unspecified atom stereocenters. The first-order chi connectivity index (χ1) is 10.6. The van der Waals surface area contributed by atoms with E-state index in [1.807, 2.05) is 31.9 Å². The van der Waals surface area contributed by atoms with E-state index in [0.29, 0.717) is 6.42 Å². The third-order valence-electron chi connectivity index (χ3n) is 4.48. The molecule has 0 spiro atoms. The molecule has 0 aliphatic carbocycles. The van der Waals surface area contributed by atoms with Crippen molar-refractivity contribution in [1.29, 1.82) is 0 Å². The van der Waals surface area contributed by atoms with E-state index in [-0.39, 0.29) is 11.9 Å². The second-order valence-corrected chi connectivity index (χ2v) is 6.11. The molecule has 2 N–H and O–H groups in total. The van der Waals surface area contributed by atoms with Crippen LogP contribution in [0.25, 0.3) is 0 Å². The molecule has 2 aromatic heterocycles. The van der Waals surface area contributed by atoms with E-state index in [1.54, 1.807) is 0 Å². The van der Waals surface area contributed by atoms with Crippen LogP contribution in [0.15, 0.2) is 6.20 Å². The number of nitrogens with zero attached hydrogens (tertiary/aromatic N) is 3. The maximum absolute atomic E-state index is 12.6. The van der Waals surface area contributed by atoms with Crippen LogP contribution in [0.5, 0.6) is 0 Å². The van der Waals surface area contributed by atoms with Crippen LogP contribution in [-0.4, -0.2) is 37.5 Å². The second-order valence-electron chi connectivity index (χ2n) is 6.11. The number of H-pyrrole nitrogens is 2. The van der Waals surface area contributed by atoms with Crippen LogP contribution in [0.3, 0.4) is 0 Å². The van der Waals surface area contributed by atoms with E-state index in [0.717, 1.165) is 54.3 Å². The largest absolute Gasteiger partial charge is 0.344 e. The zero-order chi connectivity index (χ0) is 15.7. The van der Waals surface area contributed by atoms with Gasteiger partial charge in [-0.1, -0.05) is 0 Å². The molecular weight excluding hydrogens is 278 g/mol. The lowest BCUT2D eigenvalue weighted by molar-refractivity contribution is -0.132. The summed E-state index contributed by atoms with van der Waals surface area (Å²) < 4.78 is 0. The number of likely N-dealkylation sites (tertiary alicyclic amines) is 1. The van der Waals surface area contributed by atoms with E-state index in [9.17, 15) is 4.79 Å². The third-order valence-corrected chi connectivity index (χ3v) is 4.48. The molecule has 1 aliphatic rings. The summed E-state index contributed by atoms with van der Waals surface area (Å²) in [4.78, 5) is 22.3. The van der Waals surface area contributed by atoms with Crippen molar-refractivity contribution in [3.63, 3.8) is 0 Å². The lowest BCUT2D eigenvalue weighted by atomic mass is 10.1. The number of hydrogen-bond donors (Lipinski definition) is 2. The van der Waals surface area contributed by atoms with Gasteiger partial charge in [0.05, 0.1) is 11.7 Å². The quantitative estimate of drug-likeness (QED) is 0.910. The van der Waals surface area contributed by atoms with E-state index in [4.69, 9.17) is 0 Å². The van der Waals surface area contributed by atoms with Gasteiger partial charge in [0.2, 0.25) is 5.91 Å². The van der Waals surface area contributed by atoms with Crippen LogP contribution in [0.2, 0.25) is 0 Å². The number of hydrogen-bond acceptors (Lipinski definition) is 3. The highest BCUT2D eigenvalue weighted by Gasteiger charge is 2.31. The van der Waals surface area contributed by atoms with Gasteiger partial charge in [0, 0.05) is 30.6 Å². The Morgan fingerprint density at radius 3 is 2.86 bits per heavy atom. The predicted octanol–water partition coefficient (Wildman–Crippen LogP) is 2.35. The predicted molar refractivity (Wildman–Crippen MR) is 83.4 cm³/mol.